The van der Waals surface area contributed by atoms with E-state index in [-0.39, 0.29) is 0 Å². The molecule has 0 aromatic heterocycles. The summed E-state index contributed by atoms with van der Waals surface area (Å²) in [6.45, 7) is 8.69. The maximum absolute atomic E-state index is 5.85. The molecule has 0 spiro atoms. The van der Waals surface area contributed by atoms with Gasteiger partial charge in [0.05, 0.1) is 0 Å². The monoisotopic (exact) mass is 151 g/mol. The van der Waals surface area contributed by atoms with Gasteiger partial charge < -0.3 is 5.73 Å². The van der Waals surface area contributed by atoms with E-state index in [0.29, 0.717) is 5.41 Å². The van der Waals surface area contributed by atoms with Gasteiger partial charge in [-0.15, -0.1) is 0 Å². The smallest absolute Gasteiger partial charge is 0.0330 e. The van der Waals surface area contributed by atoms with Gasteiger partial charge >= 0.3 is 0 Å². The van der Waals surface area contributed by atoms with Crippen LogP contribution in [0.15, 0.2) is 22.9 Å². The maximum Gasteiger partial charge on any atom is 0.0330 e. The van der Waals surface area contributed by atoms with E-state index in [1.54, 1.807) is 0 Å². The molecule has 0 radical (unpaired) electrons. The Morgan fingerprint density at radius 1 is 1.36 bits per heavy atom. The van der Waals surface area contributed by atoms with Crippen LogP contribution in [0, 0.1) is 5.41 Å². The van der Waals surface area contributed by atoms with Gasteiger partial charge in [-0.3, -0.25) is 0 Å². The third-order valence-electron chi connectivity index (χ3n) is 2.21. The van der Waals surface area contributed by atoms with Crippen LogP contribution < -0.4 is 5.73 Å². The maximum atomic E-state index is 5.85. The van der Waals surface area contributed by atoms with Crippen LogP contribution in [0.1, 0.15) is 34.1 Å². The van der Waals surface area contributed by atoms with Gasteiger partial charge in [0.1, 0.15) is 0 Å². The lowest BCUT2D eigenvalue weighted by atomic mass is 9.79. The summed E-state index contributed by atoms with van der Waals surface area (Å²) in [6.07, 6.45) is 3.35. The van der Waals surface area contributed by atoms with Crippen LogP contribution in [0.3, 0.4) is 0 Å². The zero-order chi connectivity index (χ0) is 8.65. The van der Waals surface area contributed by atoms with Gasteiger partial charge in [0.15, 0.2) is 0 Å². The first-order valence-electron chi connectivity index (χ1n) is 4.07. The Morgan fingerprint density at radius 2 is 1.91 bits per heavy atom. The number of rotatable bonds is 0. The molecule has 0 saturated heterocycles. The molecule has 11 heavy (non-hydrogen) atoms. The highest BCUT2D eigenvalue weighted by atomic mass is 14.6. The number of allylic oxidation sites excluding steroid dienone is 3. The zero-order valence-electron chi connectivity index (χ0n) is 7.86. The molecule has 1 aliphatic carbocycles. The molecule has 0 heterocycles. The molecule has 2 N–H and O–H groups in total. The van der Waals surface area contributed by atoms with E-state index in [1.165, 1.54) is 11.1 Å². The number of hydrogen-bond donors (Lipinski definition) is 1. The second kappa shape index (κ2) is 2.40. The van der Waals surface area contributed by atoms with Crippen LogP contribution in [-0.4, -0.2) is 0 Å². The lowest BCUT2D eigenvalue weighted by Crippen LogP contribution is -2.18. The lowest BCUT2D eigenvalue weighted by molar-refractivity contribution is 0.462. The van der Waals surface area contributed by atoms with Gasteiger partial charge in [-0.1, -0.05) is 19.9 Å². The topological polar surface area (TPSA) is 26.0 Å². The second-order valence-corrected chi connectivity index (χ2v) is 4.19. The molecule has 1 rings (SSSR count). The van der Waals surface area contributed by atoms with Gasteiger partial charge in [0.25, 0.3) is 0 Å². The van der Waals surface area contributed by atoms with Crippen LogP contribution in [0.2, 0.25) is 0 Å². The first kappa shape index (κ1) is 8.38. The third kappa shape index (κ3) is 1.65. The molecular formula is C10H17N. The average Bonchev–Trinajstić information content (AvgIpc) is 1.81. The standard InChI is InChI=1S/C10H17N/c1-7-5-10(3,4)6-8(2)9(7)11/h5H,6,11H2,1-4H3. The van der Waals surface area contributed by atoms with Crippen molar-refractivity contribution in [1.29, 1.82) is 0 Å². The molecule has 0 atom stereocenters. The molecule has 0 aliphatic heterocycles. The molecule has 0 saturated carbocycles. The van der Waals surface area contributed by atoms with Crippen molar-refractivity contribution in [2.75, 3.05) is 0 Å². The summed E-state index contributed by atoms with van der Waals surface area (Å²) in [6, 6.07) is 0. The minimum absolute atomic E-state index is 0.303. The Morgan fingerprint density at radius 3 is 2.36 bits per heavy atom. The van der Waals surface area contributed by atoms with E-state index >= 15 is 0 Å². The number of hydrogen-bond acceptors (Lipinski definition) is 1. The Bertz CT molecular complexity index is 231. The summed E-state index contributed by atoms with van der Waals surface area (Å²) in [4.78, 5) is 0. The van der Waals surface area contributed by atoms with Gasteiger partial charge in [0, 0.05) is 5.70 Å². The van der Waals surface area contributed by atoms with Crippen LogP contribution in [0.4, 0.5) is 0 Å². The summed E-state index contributed by atoms with van der Waals surface area (Å²) in [5, 5.41) is 0. The van der Waals surface area contributed by atoms with E-state index in [9.17, 15) is 0 Å². The molecular weight excluding hydrogens is 134 g/mol. The van der Waals surface area contributed by atoms with E-state index < -0.39 is 0 Å². The van der Waals surface area contributed by atoms with Crippen molar-refractivity contribution >= 4 is 0 Å². The van der Waals surface area contributed by atoms with Crippen LogP contribution >= 0.6 is 0 Å². The van der Waals surface area contributed by atoms with Crippen molar-refractivity contribution in [2.24, 2.45) is 11.1 Å². The summed E-state index contributed by atoms with van der Waals surface area (Å²) >= 11 is 0. The molecule has 62 valence electrons. The third-order valence-corrected chi connectivity index (χ3v) is 2.21. The van der Waals surface area contributed by atoms with E-state index in [4.69, 9.17) is 5.73 Å². The molecule has 1 aliphatic rings. The fraction of sp³-hybridized carbons (Fsp3) is 0.600. The molecule has 0 fully saturated rings. The van der Waals surface area contributed by atoms with Crippen molar-refractivity contribution in [3.05, 3.63) is 22.9 Å². The molecule has 0 amide bonds. The molecule has 0 aromatic rings. The van der Waals surface area contributed by atoms with E-state index in [1.807, 2.05) is 0 Å². The summed E-state index contributed by atoms with van der Waals surface area (Å²) in [5.41, 5.74) is 9.71. The first-order valence-corrected chi connectivity index (χ1v) is 4.07. The number of nitrogens with two attached hydrogens (primary N) is 1. The zero-order valence-corrected chi connectivity index (χ0v) is 7.86. The highest BCUT2D eigenvalue weighted by Gasteiger charge is 2.21. The van der Waals surface area contributed by atoms with Gasteiger partial charge in [-0.2, -0.15) is 0 Å². The quantitative estimate of drug-likeness (QED) is 0.566. The molecule has 0 bridgehead atoms. The summed E-state index contributed by atoms with van der Waals surface area (Å²) < 4.78 is 0. The van der Waals surface area contributed by atoms with Crippen molar-refractivity contribution in [3.63, 3.8) is 0 Å². The van der Waals surface area contributed by atoms with Crippen LogP contribution in [-0.2, 0) is 0 Å². The second-order valence-electron chi connectivity index (χ2n) is 4.19. The van der Waals surface area contributed by atoms with Crippen molar-refractivity contribution in [3.8, 4) is 0 Å². The Hall–Kier alpha value is -0.720. The van der Waals surface area contributed by atoms with Crippen molar-refractivity contribution in [2.45, 2.75) is 34.1 Å². The van der Waals surface area contributed by atoms with Gasteiger partial charge in [0.2, 0.25) is 0 Å². The Balaban J connectivity index is 3.01. The van der Waals surface area contributed by atoms with Crippen molar-refractivity contribution < 1.29 is 0 Å². The first-order chi connectivity index (χ1) is 4.92. The highest BCUT2D eigenvalue weighted by molar-refractivity contribution is 5.36. The van der Waals surface area contributed by atoms with Crippen molar-refractivity contribution in [1.82, 2.24) is 0 Å². The van der Waals surface area contributed by atoms with Crippen LogP contribution in [0.25, 0.3) is 0 Å². The van der Waals surface area contributed by atoms with Gasteiger partial charge in [-0.05, 0) is 36.8 Å². The molecule has 0 aromatic carbocycles. The van der Waals surface area contributed by atoms with Crippen LogP contribution in [0.5, 0.6) is 0 Å². The normalized spacial score (nSPS) is 23.5. The van der Waals surface area contributed by atoms with E-state index in [0.717, 1.165) is 12.1 Å². The molecule has 0 unspecified atom stereocenters. The predicted molar refractivity (Wildman–Crippen MR) is 49.0 cm³/mol. The minimum atomic E-state index is 0.303. The summed E-state index contributed by atoms with van der Waals surface area (Å²) in [5.74, 6) is 0. The largest absolute Gasteiger partial charge is 0.399 e. The highest BCUT2D eigenvalue weighted by Crippen LogP contribution is 2.34. The SMILES string of the molecule is CC1=CC(C)(C)CC(C)=C1N. The fourth-order valence-corrected chi connectivity index (χ4v) is 1.83. The molecule has 1 nitrogen and oxygen atoms in total. The predicted octanol–water partition coefficient (Wildman–Crippen LogP) is 2.60. The lowest BCUT2D eigenvalue weighted by Gasteiger charge is -2.27. The van der Waals surface area contributed by atoms with E-state index in [2.05, 4.69) is 33.8 Å². The summed E-state index contributed by atoms with van der Waals surface area (Å²) in [7, 11) is 0. The Labute approximate surface area is 69.0 Å². The Kier molecular flexibility index (Phi) is 1.83. The van der Waals surface area contributed by atoms with Gasteiger partial charge in [-0.25, -0.2) is 0 Å². The molecule has 1 heteroatoms. The fourth-order valence-electron chi connectivity index (χ4n) is 1.83. The average molecular weight is 151 g/mol. The minimum Gasteiger partial charge on any atom is -0.399 e.